The molecule has 0 radical (unpaired) electrons. The molecule has 0 saturated heterocycles. The van der Waals surface area contributed by atoms with E-state index in [9.17, 15) is 9.59 Å². The van der Waals surface area contributed by atoms with Crippen LogP contribution in [-0.4, -0.2) is 49.2 Å². The Morgan fingerprint density at radius 2 is 2.00 bits per heavy atom. The molecule has 0 bridgehead atoms. The summed E-state index contributed by atoms with van der Waals surface area (Å²) in [5.74, 6) is 0. The molecule has 0 spiro atoms. The number of aromatic nitrogens is 4. The van der Waals surface area contributed by atoms with E-state index in [2.05, 4.69) is 10.4 Å². The van der Waals surface area contributed by atoms with Crippen LogP contribution < -0.4 is 5.69 Å². The third-order valence-electron chi connectivity index (χ3n) is 1.78. The van der Waals surface area contributed by atoms with Gasteiger partial charge in [0.15, 0.2) is 0 Å². The Bertz CT molecular complexity index is 377. The smallest absolute Gasteiger partial charge is 0.406 e. The molecule has 0 aliphatic rings. The molecule has 1 amide bonds. The monoisotopic (exact) mass is 201 g/mol. The van der Waals surface area contributed by atoms with Gasteiger partial charge < -0.3 is 10.1 Å². The van der Waals surface area contributed by atoms with Crippen LogP contribution in [0.1, 0.15) is 13.8 Å². The number of carbonyl (C=O) groups is 1. The first-order valence-electron chi connectivity index (χ1n) is 4.15. The number of tetrazole rings is 1. The molecule has 14 heavy (non-hydrogen) atoms. The van der Waals surface area contributed by atoms with Gasteiger partial charge in [0, 0.05) is 13.1 Å². The molecule has 0 aliphatic heterocycles. The van der Waals surface area contributed by atoms with Crippen LogP contribution in [0.5, 0.6) is 0 Å². The summed E-state index contributed by atoms with van der Waals surface area (Å²) < 4.78 is 0.507. The topological polar surface area (TPSA) is 93.2 Å². The zero-order valence-corrected chi connectivity index (χ0v) is 7.91. The van der Waals surface area contributed by atoms with Crippen LogP contribution in [-0.2, 0) is 0 Å². The summed E-state index contributed by atoms with van der Waals surface area (Å²) in [5.41, 5.74) is -0.970. The van der Waals surface area contributed by atoms with Crippen molar-refractivity contribution in [3.05, 3.63) is 10.5 Å². The fraction of sp³-hybridized carbons (Fsp3) is 0.667. The van der Waals surface area contributed by atoms with Gasteiger partial charge in [-0.1, -0.05) is 0 Å². The molecule has 8 heteroatoms. The number of amides is 1. The van der Waals surface area contributed by atoms with E-state index in [4.69, 9.17) is 5.21 Å². The van der Waals surface area contributed by atoms with Gasteiger partial charge >= 0.3 is 11.7 Å². The van der Waals surface area contributed by atoms with Crippen LogP contribution in [0.4, 0.5) is 4.79 Å². The van der Waals surface area contributed by atoms with E-state index in [1.165, 1.54) is 4.90 Å². The van der Waals surface area contributed by atoms with Crippen LogP contribution in [0.3, 0.4) is 0 Å². The van der Waals surface area contributed by atoms with Crippen molar-refractivity contribution < 1.29 is 10.0 Å². The average Bonchev–Trinajstić information content (AvgIpc) is 2.49. The van der Waals surface area contributed by atoms with Gasteiger partial charge in [-0.15, -0.1) is 4.68 Å². The lowest BCUT2D eigenvalue weighted by Crippen LogP contribution is -2.40. The van der Waals surface area contributed by atoms with E-state index in [-0.39, 0.29) is 4.85 Å². The van der Waals surface area contributed by atoms with Crippen molar-refractivity contribution in [2.75, 3.05) is 13.1 Å². The third kappa shape index (κ3) is 1.58. The molecule has 1 heterocycles. The molecular formula is C6H11N5O3. The van der Waals surface area contributed by atoms with Gasteiger partial charge in [0.2, 0.25) is 0 Å². The number of rotatable bonds is 2. The van der Waals surface area contributed by atoms with Crippen LogP contribution in [0.2, 0.25) is 0 Å². The predicted octanol–water partition coefficient (Wildman–Crippen LogP) is -1.01. The molecule has 1 N–H and O–H groups in total. The number of carbonyl (C=O) groups excluding carboxylic acids is 1. The third-order valence-corrected chi connectivity index (χ3v) is 1.78. The standard InChI is InChI=1S/C6H11N5O3/c1-3-9(4-2)5(12)10-6(13)11(14)8-7-10/h14H,3-4H2,1-2H3. The Kier molecular flexibility index (Phi) is 2.85. The first kappa shape index (κ1) is 10.2. The van der Waals surface area contributed by atoms with Crippen molar-refractivity contribution in [1.29, 1.82) is 0 Å². The van der Waals surface area contributed by atoms with Crippen LogP contribution >= 0.6 is 0 Å². The minimum absolute atomic E-state index is 0.0153. The molecule has 0 atom stereocenters. The highest BCUT2D eigenvalue weighted by molar-refractivity contribution is 5.75. The van der Waals surface area contributed by atoms with Gasteiger partial charge in [0.1, 0.15) is 0 Å². The fourth-order valence-corrected chi connectivity index (χ4v) is 0.987. The maximum Gasteiger partial charge on any atom is 0.406 e. The minimum Gasteiger partial charge on any atom is -0.406 e. The van der Waals surface area contributed by atoms with Crippen LogP contribution in [0.15, 0.2) is 4.79 Å². The van der Waals surface area contributed by atoms with E-state index >= 15 is 0 Å². The minimum atomic E-state index is -0.970. The molecule has 8 nitrogen and oxygen atoms in total. The van der Waals surface area contributed by atoms with Gasteiger partial charge in [-0.25, -0.2) is 9.59 Å². The highest BCUT2D eigenvalue weighted by atomic mass is 16.5. The van der Waals surface area contributed by atoms with Gasteiger partial charge in [-0.05, 0) is 29.1 Å². The molecule has 78 valence electrons. The van der Waals surface area contributed by atoms with E-state index in [0.717, 1.165) is 0 Å². The lowest BCUT2D eigenvalue weighted by molar-refractivity contribution is 0.132. The molecule has 0 fully saturated rings. The predicted molar refractivity (Wildman–Crippen MR) is 45.2 cm³/mol. The number of hydrogen-bond donors (Lipinski definition) is 1. The van der Waals surface area contributed by atoms with E-state index < -0.39 is 11.7 Å². The second-order valence-corrected chi connectivity index (χ2v) is 2.52. The normalized spacial score (nSPS) is 10.1. The highest BCUT2D eigenvalue weighted by Crippen LogP contribution is 1.90. The van der Waals surface area contributed by atoms with E-state index in [1.54, 1.807) is 13.8 Å². The quantitative estimate of drug-likeness (QED) is 0.488. The second-order valence-electron chi connectivity index (χ2n) is 2.52. The maximum absolute atomic E-state index is 11.5. The summed E-state index contributed by atoms with van der Waals surface area (Å²) in [5, 5.41) is 15.0. The number of nitrogens with zero attached hydrogens (tertiary/aromatic N) is 5. The molecule has 0 aromatic carbocycles. The second kappa shape index (κ2) is 3.90. The molecule has 0 saturated carbocycles. The van der Waals surface area contributed by atoms with Crippen LogP contribution in [0.25, 0.3) is 0 Å². The lowest BCUT2D eigenvalue weighted by Gasteiger charge is -2.16. The first-order chi connectivity index (χ1) is 6.61. The Morgan fingerprint density at radius 1 is 1.43 bits per heavy atom. The Morgan fingerprint density at radius 3 is 2.36 bits per heavy atom. The van der Waals surface area contributed by atoms with Gasteiger partial charge in [-0.2, -0.15) is 0 Å². The Hall–Kier alpha value is -1.86. The molecule has 1 rings (SSSR count). The SMILES string of the molecule is CCN(CC)C(=O)n1nnn(O)c1=O. The molecular weight excluding hydrogens is 190 g/mol. The van der Waals surface area contributed by atoms with Gasteiger partial charge in [0.25, 0.3) is 0 Å². The molecule has 1 aromatic rings. The maximum atomic E-state index is 11.5. The number of hydrogen-bond acceptors (Lipinski definition) is 5. The Balaban J connectivity index is 3.00. The van der Waals surface area contributed by atoms with Crippen molar-refractivity contribution in [2.24, 2.45) is 0 Å². The molecule has 0 aliphatic carbocycles. The summed E-state index contributed by atoms with van der Waals surface area (Å²) in [6.45, 7) is 4.46. The summed E-state index contributed by atoms with van der Waals surface area (Å²) in [6, 6.07) is -0.597. The van der Waals surface area contributed by atoms with Crippen molar-refractivity contribution >= 4 is 6.03 Å². The zero-order valence-electron chi connectivity index (χ0n) is 7.91. The van der Waals surface area contributed by atoms with Crippen molar-refractivity contribution in [3.63, 3.8) is 0 Å². The van der Waals surface area contributed by atoms with Crippen molar-refractivity contribution in [1.82, 2.24) is 24.9 Å². The van der Waals surface area contributed by atoms with Gasteiger partial charge in [0.05, 0.1) is 0 Å². The molecule has 1 aromatic heterocycles. The first-order valence-corrected chi connectivity index (χ1v) is 4.15. The summed E-state index contributed by atoms with van der Waals surface area (Å²) in [4.78, 5) is 24.0. The van der Waals surface area contributed by atoms with Gasteiger partial charge in [-0.3, -0.25) is 0 Å². The largest absolute Gasteiger partial charge is 0.406 e. The van der Waals surface area contributed by atoms with Crippen LogP contribution in [0, 0.1) is 0 Å². The Labute approximate surface area is 79.3 Å². The molecule has 0 unspecified atom stereocenters. The van der Waals surface area contributed by atoms with Crippen molar-refractivity contribution in [3.8, 4) is 0 Å². The zero-order chi connectivity index (χ0) is 10.7. The van der Waals surface area contributed by atoms with Crippen molar-refractivity contribution in [2.45, 2.75) is 13.8 Å². The van der Waals surface area contributed by atoms with E-state index in [1.807, 2.05) is 0 Å². The highest BCUT2D eigenvalue weighted by Gasteiger charge is 2.18. The summed E-state index contributed by atoms with van der Waals surface area (Å²) in [7, 11) is 0. The van der Waals surface area contributed by atoms with E-state index in [0.29, 0.717) is 17.8 Å². The summed E-state index contributed by atoms with van der Waals surface area (Å²) in [6.07, 6.45) is 0. The summed E-state index contributed by atoms with van der Waals surface area (Å²) >= 11 is 0. The fourth-order valence-electron chi connectivity index (χ4n) is 0.987. The lowest BCUT2D eigenvalue weighted by atomic mass is 10.5. The average molecular weight is 201 g/mol.